The first-order valence-corrected chi connectivity index (χ1v) is 13.1. The third-order valence-corrected chi connectivity index (χ3v) is 8.10. The summed E-state index contributed by atoms with van der Waals surface area (Å²) in [6.07, 6.45) is 2.11. The highest BCUT2D eigenvalue weighted by Crippen LogP contribution is 2.26. The minimum Gasteiger partial charge on any atom is -0.455 e. The van der Waals surface area contributed by atoms with Gasteiger partial charge in [-0.2, -0.15) is 11.3 Å². The molecule has 0 aliphatic carbocycles. The van der Waals surface area contributed by atoms with Crippen molar-refractivity contribution in [2.45, 2.75) is 38.6 Å². The molecule has 0 bridgehead atoms. The van der Waals surface area contributed by atoms with Gasteiger partial charge in [-0.05, 0) is 24.3 Å². The van der Waals surface area contributed by atoms with Crippen molar-refractivity contribution in [2.24, 2.45) is 0 Å². The van der Waals surface area contributed by atoms with Gasteiger partial charge in [-0.15, -0.1) is 11.3 Å². The van der Waals surface area contributed by atoms with Gasteiger partial charge in [0.2, 0.25) is 0 Å². The van der Waals surface area contributed by atoms with Crippen molar-refractivity contribution in [3.8, 4) is 10.6 Å². The molecule has 7 nitrogen and oxygen atoms in total. The molecule has 10 heteroatoms. The summed E-state index contributed by atoms with van der Waals surface area (Å²) < 4.78 is 28.7. The van der Waals surface area contributed by atoms with Gasteiger partial charge in [0.05, 0.1) is 23.6 Å². The number of carbonyl (C=O) groups is 2. The van der Waals surface area contributed by atoms with Gasteiger partial charge >= 0.3 is 5.97 Å². The number of aromatic nitrogens is 1. The fourth-order valence-corrected chi connectivity index (χ4v) is 6.45. The van der Waals surface area contributed by atoms with Crippen LogP contribution in [-0.4, -0.2) is 60.9 Å². The highest BCUT2D eigenvalue weighted by atomic mass is 32.2. The van der Waals surface area contributed by atoms with Crippen molar-refractivity contribution in [3.05, 3.63) is 27.9 Å². The first-order chi connectivity index (χ1) is 13.9. The van der Waals surface area contributed by atoms with E-state index in [1.807, 2.05) is 29.1 Å². The number of unbranched alkanes of at least 4 members (excludes halogenated alkanes) is 1. The second-order valence-electron chi connectivity index (χ2n) is 6.99. The van der Waals surface area contributed by atoms with E-state index in [1.54, 1.807) is 16.2 Å². The predicted molar refractivity (Wildman–Crippen MR) is 114 cm³/mol. The van der Waals surface area contributed by atoms with Crippen LogP contribution in [0.3, 0.4) is 0 Å². The van der Waals surface area contributed by atoms with Crippen LogP contribution in [0.2, 0.25) is 0 Å². The zero-order valence-corrected chi connectivity index (χ0v) is 18.7. The number of amides is 1. The third-order valence-electron chi connectivity index (χ3n) is 4.72. The first kappa shape index (κ1) is 21.9. The van der Waals surface area contributed by atoms with Crippen molar-refractivity contribution in [1.82, 2.24) is 9.88 Å². The van der Waals surface area contributed by atoms with E-state index < -0.39 is 15.8 Å². The Morgan fingerprint density at radius 3 is 2.83 bits per heavy atom. The maximum absolute atomic E-state index is 12.6. The van der Waals surface area contributed by atoms with Crippen LogP contribution in [0, 0.1) is 0 Å². The average Bonchev–Trinajstić information content (AvgIpc) is 3.41. The summed E-state index contributed by atoms with van der Waals surface area (Å²) in [4.78, 5) is 30.8. The largest absolute Gasteiger partial charge is 0.455 e. The van der Waals surface area contributed by atoms with Gasteiger partial charge in [-0.25, -0.2) is 13.4 Å². The molecule has 0 spiro atoms. The monoisotopic (exact) mass is 456 g/mol. The molecule has 1 aliphatic heterocycles. The quantitative estimate of drug-likeness (QED) is 0.539. The Labute approximate surface area is 178 Å². The number of hydrogen-bond donors (Lipinski definition) is 0. The lowest BCUT2D eigenvalue weighted by atomic mass is 10.2. The predicted octanol–water partition coefficient (Wildman–Crippen LogP) is 2.77. The van der Waals surface area contributed by atoms with Crippen molar-refractivity contribution in [2.75, 3.05) is 24.7 Å². The Kier molecular flexibility index (Phi) is 7.42. The molecule has 1 unspecified atom stereocenters. The van der Waals surface area contributed by atoms with Crippen LogP contribution in [0.25, 0.3) is 10.6 Å². The van der Waals surface area contributed by atoms with Gasteiger partial charge in [0.15, 0.2) is 16.4 Å². The molecule has 1 fully saturated rings. The van der Waals surface area contributed by atoms with Crippen LogP contribution < -0.4 is 0 Å². The van der Waals surface area contributed by atoms with Crippen LogP contribution in [0.1, 0.15) is 31.9 Å². The van der Waals surface area contributed by atoms with Gasteiger partial charge in [-0.3, -0.25) is 9.59 Å². The zero-order valence-electron chi connectivity index (χ0n) is 16.2. The summed E-state index contributed by atoms with van der Waals surface area (Å²) in [6, 6.07) is 1.64. The minimum absolute atomic E-state index is 0.000680. The normalized spacial score (nSPS) is 17.9. The number of sulfone groups is 1. The standard InChI is InChI=1S/C19H24N2O5S3/c1-2-3-6-21(16-5-8-29(24,25)13-16)17(22)10-26-18(23)9-15-12-28-19(20-15)14-4-7-27-11-14/h4,7,11-12,16H,2-3,5-6,8-10,13H2,1H3. The highest BCUT2D eigenvalue weighted by molar-refractivity contribution is 7.91. The van der Waals surface area contributed by atoms with E-state index in [4.69, 9.17) is 4.74 Å². The molecule has 1 amide bonds. The molecule has 0 N–H and O–H groups in total. The molecular formula is C19H24N2O5S3. The van der Waals surface area contributed by atoms with E-state index in [1.165, 1.54) is 11.3 Å². The lowest BCUT2D eigenvalue weighted by Crippen LogP contribution is -2.44. The van der Waals surface area contributed by atoms with Crippen molar-refractivity contribution in [1.29, 1.82) is 0 Å². The van der Waals surface area contributed by atoms with E-state index in [0.29, 0.717) is 18.7 Å². The number of thiazole rings is 1. The summed E-state index contributed by atoms with van der Waals surface area (Å²) in [5.41, 5.74) is 1.63. The molecule has 0 aromatic carbocycles. The molecule has 2 aromatic heterocycles. The molecule has 29 heavy (non-hydrogen) atoms. The van der Waals surface area contributed by atoms with E-state index in [-0.39, 0.29) is 36.5 Å². The second kappa shape index (κ2) is 9.82. The molecule has 1 saturated heterocycles. The van der Waals surface area contributed by atoms with Gasteiger partial charge in [0, 0.05) is 28.9 Å². The lowest BCUT2D eigenvalue weighted by molar-refractivity contribution is -0.152. The highest BCUT2D eigenvalue weighted by Gasteiger charge is 2.34. The summed E-state index contributed by atoms with van der Waals surface area (Å²) in [6.45, 7) is 2.11. The number of esters is 1. The number of ether oxygens (including phenoxy) is 1. The molecule has 0 saturated carbocycles. The van der Waals surface area contributed by atoms with E-state index in [9.17, 15) is 18.0 Å². The van der Waals surface area contributed by atoms with E-state index in [0.717, 1.165) is 23.4 Å². The van der Waals surface area contributed by atoms with Gasteiger partial charge in [0.1, 0.15) is 5.01 Å². The Balaban J connectivity index is 1.53. The Hall–Kier alpha value is -1.78. The van der Waals surface area contributed by atoms with Crippen molar-refractivity contribution >= 4 is 44.4 Å². The van der Waals surface area contributed by atoms with Crippen LogP contribution >= 0.6 is 22.7 Å². The molecular weight excluding hydrogens is 432 g/mol. The summed E-state index contributed by atoms with van der Waals surface area (Å²) in [5.74, 6) is -0.773. The average molecular weight is 457 g/mol. The topological polar surface area (TPSA) is 93.6 Å². The number of thiophene rings is 1. The van der Waals surface area contributed by atoms with E-state index >= 15 is 0 Å². The first-order valence-electron chi connectivity index (χ1n) is 9.50. The molecule has 0 radical (unpaired) electrons. The fourth-order valence-electron chi connectivity index (χ4n) is 3.19. The molecule has 3 heterocycles. The Morgan fingerprint density at radius 1 is 1.34 bits per heavy atom. The van der Waals surface area contributed by atoms with Crippen LogP contribution in [-0.2, 0) is 30.6 Å². The van der Waals surface area contributed by atoms with E-state index in [2.05, 4.69) is 4.98 Å². The summed E-state index contributed by atoms with van der Waals surface area (Å²) in [7, 11) is -3.10. The Morgan fingerprint density at radius 2 is 2.17 bits per heavy atom. The lowest BCUT2D eigenvalue weighted by Gasteiger charge is -2.28. The number of nitrogens with zero attached hydrogens (tertiary/aromatic N) is 2. The van der Waals surface area contributed by atoms with Gasteiger partial charge in [-0.1, -0.05) is 13.3 Å². The van der Waals surface area contributed by atoms with Crippen LogP contribution in [0.15, 0.2) is 22.2 Å². The third kappa shape index (κ3) is 6.10. The number of carbonyl (C=O) groups excluding carboxylic acids is 2. The molecule has 1 atom stereocenters. The van der Waals surface area contributed by atoms with Gasteiger partial charge in [0.25, 0.3) is 5.91 Å². The maximum atomic E-state index is 12.6. The Bertz CT molecular complexity index is 937. The van der Waals surface area contributed by atoms with Gasteiger partial charge < -0.3 is 9.64 Å². The van der Waals surface area contributed by atoms with Crippen LogP contribution in [0.5, 0.6) is 0 Å². The SMILES string of the molecule is CCCCN(C(=O)COC(=O)Cc1csc(-c2ccsc2)n1)C1CCS(=O)(=O)C1. The maximum Gasteiger partial charge on any atom is 0.312 e. The molecule has 1 aliphatic rings. The van der Waals surface area contributed by atoms with Crippen molar-refractivity contribution < 1.29 is 22.7 Å². The fraction of sp³-hybridized carbons (Fsp3) is 0.526. The molecule has 158 valence electrons. The molecule has 3 rings (SSSR count). The minimum atomic E-state index is -3.10. The number of hydrogen-bond acceptors (Lipinski definition) is 8. The molecule has 2 aromatic rings. The smallest absolute Gasteiger partial charge is 0.312 e. The summed E-state index contributed by atoms with van der Waals surface area (Å²) in [5, 5.41) is 6.62. The van der Waals surface area contributed by atoms with Crippen molar-refractivity contribution in [3.63, 3.8) is 0 Å². The second-order valence-corrected chi connectivity index (χ2v) is 10.9. The zero-order chi connectivity index (χ0) is 20.9. The summed E-state index contributed by atoms with van der Waals surface area (Å²) >= 11 is 3.04. The van der Waals surface area contributed by atoms with Crippen LogP contribution in [0.4, 0.5) is 0 Å². The number of rotatable bonds is 9.